The molecule has 0 unspecified atom stereocenters. The second kappa shape index (κ2) is 7.11. The summed E-state index contributed by atoms with van der Waals surface area (Å²) < 4.78 is 0.951. The van der Waals surface area contributed by atoms with Gasteiger partial charge < -0.3 is 15.2 Å². The number of fused-ring (bicyclic) bond motifs is 1. The van der Waals surface area contributed by atoms with Gasteiger partial charge in [-0.15, -0.1) is 0 Å². The van der Waals surface area contributed by atoms with E-state index in [4.69, 9.17) is 0 Å². The van der Waals surface area contributed by atoms with E-state index >= 15 is 0 Å². The Morgan fingerprint density at radius 1 is 1.12 bits per heavy atom. The van der Waals surface area contributed by atoms with E-state index in [-0.39, 0.29) is 17.6 Å². The summed E-state index contributed by atoms with van der Waals surface area (Å²) in [5.74, 6) is 0. The maximum absolute atomic E-state index is 12.5. The molecule has 0 saturated carbocycles. The Morgan fingerprint density at radius 3 is 2.44 bits per heavy atom. The Hall–Kier alpha value is -2.60. The van der Waals surface area contributed by atoms with Crippen LogP contribution in [0.4, 0.5) is 10.5 Å². The second-order valence-electron chi connectivity index (χ2n) is 5.84. The van der Waals surface area contributed by atoms with Crippen LogP contribution in [-0.2, 0) is 0 Å². The molecule has 3 rings (SSSR count). The third kappa shape index (κ3) is 3.58. The second-order valence-corrected chi connectivity index (χ2v) is 6.76. The number of nitrogens with one attached hydrogen (secondary N) is 2. The number of H-pyrrole nitrogens is 1. The zero-order valence-electron chi connectivity index (χ0n) is 13.9. The number of aromatic nitrogens is 1. The van der Waals surface area contributed by atoms with E-state index in [1.165, 1.54) is 0 Å². The number of carbonyl (C=O) groups is 1. The van der Waals surface area contributed by atoms with Crippen LogP contribution in [0.5, 0.6) is 0 Å². The van der Waals surface area contributed by atoms with E-state index in [0.29, 0.717) is 5.39 Å². The zero-order valence-corrected chi connectivity index (χ0v) is 15.5. The Morgan fingerprint density at radius 2 is 1.76 bits per heavy atom. The molecule has 0 spiro atoms. The van der Waals surface area contributed by atoms with Crippen LogP contribution in [0.15, 0.2) is 64.0 Å². The SMILES string of the molecule is C[C@@H](c1c[nH]c(=O)c2ccccc12)N(C)C(=O)Nc1ccc(Br)cc1. The Balaban J connectivity index is 1.86. The lowest BCUT2D eigenvalue weighted by Gasteiger charge is -2.26. The first-order chi connectivity index (χ1) is 12.0. The fourth-order valence-electron chi connectivity index (χ4n) is 2.71. The number of aromatic amines is 1. The lowest BCUT2D eigenvalue weighted by molar-refractivity contribution is 0.208. The standard InChI is InChI=1S/C19H18BrN3O2/c1-12(17-11-21-18(24)16-6-4-3-5-15(16)17)23(2)19(25)22-14-9-7-13(20)8-10-14/h3-12H,1-2H3,(H,21,24)(H,22,25)/t12-/m0/s1. The summed E-state index contributed by atoms with van der Waals surface area (Å²) in [5.41, 5.74) is 1.48. The third-order valence-corrected chi connectivity index (χ3v) is 4.82. The van der Waals surface area contributed by atoms with E-state index in [0.717, 1.165) is 21.1 Å². The first kappa shape index (κ1) is 17.2. The first-order valence-corrected chi connectivity index (χ1v) is 8.66. The number of anilines is 1. The summed E-state index contributed by atoms with van der Waals surface area (Å²) >= 11 is 3.37. The number of hydrogen-bond acceptors (Lipinski definition) is 2. The number of benzene rings is 2. The van der Waals surface area contributed by atoms with E-state index in [1.807, 2.05) is 49.4 Å². The molecule has 1 atom stereocenters. The van der Waals surface area contributed by atoms with Gasteiger partial charge in [0.2, 0.25) is 0 Å². The first-order valence-electron chi connectivity index (χ1n) is 7.87. The normalized spacial score (nSPS) is 12.0. The van der Waals surface area contributed by atoms with Gasteiger partial charge in [-0.25, -0.2) is 4.79 Å². The Kier molecular flexibility index (Phi) is 4.90. The lowest BCUT2D eigenvalue weighted by Crippen LogP contribution is -2.34. The smallest absolute Gasteiger partial charge is 0.322 e. The van der Waals surface area contributed by atoms with Crippen LogP contribution in [0.1, 0.15) is 18.5 Å². The van der Waals surface area contributed by atoms with Gasteiger partial charge in [0.1, 0.15) is 0 Å². The minimum absolute atomic E-state index is 0.131. The Labute approximate surface area is 153 Å². The molecule has 0 aliphatic rings. The Bertz CT molecular complexity index is 966. The van der Waals surface area contributed by atoms with Crippen molar-refractivity contribution in [3.05, 3.63) is 75.1 Å². The van der Waals surface area contributed by atoms with Crippen molar-refractivity contribution in [3.63, 3.8) is 0 Å². The largest absolute Gasteiger partial charge is 0.328 e. The van der Waals surface area contributed by atoms with Crippen molar-refractivity contribution in [2.75, 3.05) is 12.4 Å². The van der Waals surface area contributed by atoms with E-state index < -0.39 is 0 Å². The van der Waals surface area contributed by atoms with Crippen molar-refractivity contribution < 1.29 is 4.79 Å². The molecule has 2 N–H and O–H groups in total. The molecule has 128 valence electrons. The molecule has 0 aliphatic heterocycles. The third-order valence-electron chi connectivity index (χ3n) is 4.29. The molecule has 0 fully saturated rings. The van der Waals surface area contributed by atoms with Gasteiger partial charge in [-0.05, 0) is 48.2 Å². The maximum Gasteiger partial charge on any atom is 0.322 e. The van der Waals surface area contributed by atoms with Gasteiger partial charge in [0.25, 0.3) is 5.56 Å². The van der Waals surface area contributed by atoms with Gasteiger partial charge in [0.15, 0.2) is 0 Å². The topological polar surface area (TPSA) is 65.2 Å². The van der Waals surface area contributed by atoms with Gasteiger partial charge in [0.05, 0.1) is 6.04 Å². The molecular weight excluding hydrogens is 382 g/mol. The van der Waals surface area contributed by atoms with Crippen LogP contribution in [0.25, 0.3) is 10.8 Å². The number of nitrogens with zero attached hydrogens (tertiary/aromatic N) is 1. The van der Waals surface area contributed by atoms with Crippen LogP contribution in [-0.4, -0.2) is 23.0 Å². The quantitative estimate of drug-likeness (QED) is 0.679. The zero-order chi connectivity index (χ0) is 18.0. The number of carbonyl (C=O) groups excluding carboxylic acids is 1. The van der Waals surface area contributed by atoms with Crippen molar-refractivity contribution in [3.8, 4) is 0 Å². The molecule has 1 aromatic heterocycles. The number of hydrogen-bond donors (Lipinski definition) is 2. The van der Waals surface area contributed by atoms with Gasteiger partial charge in [-0.2, -0.15) is 0 Å². The highest BCUT2D eigenvalue weighted by Gasteiger charge is 2.20. The van der Waals surface area contributed by atoms with Crippen LogP contribution in [0, 0.1) is 0 Å². The summed E-state index contributed by atoms with van der Waals surface area (Å²) in [6, 6.07) is 14.4. The molecule has 2 aromatic carbocycles. The fourth-order valence-corrected chi connectivity index (χ4v) is 2.97. The average molecular weight is 400 g/mol. The van der Waals surface area contributed by atoms with Crippen molar-refractivity contribution in [2.45, 2.75) is 13.0 Å². The summed E-state index contributed by atoms with van der Waals surface area (Å²) in [5, 5.41) is 4.34. The number of amides is 2. The average Bonchev–Trinajstić information content (AvgIpc) is 2.63. The van der Waals surface area contributed by atoms with Crippen LogP contribution in [0.3, 0.4) is 0 Å². The molecule has 0 radical (unpaired) electrons. The number of urea groups is 1. The predicted molar refractivity (Wildman–Crippen MR) is 104 cm³/mol. The molecule has 1 heterocycles. The summed E-state index contributed by atoms with van der Waals surface area (Å²) in [6.45, 7) is 1.93. The molecule has 3 aromatic rings. The van der Waals surface area contributed by atoms with Gasteiger partial charge in [0, 0.05) is 28.8 Å². The van der Waals surface area contributed by atoms with Crippen molar-refractivity contribution in [1.29, 1.82) is 0 Å². The van der Waals surface area contributed by atoms with Crippen LogP contribution < -0.4 is 10.9 Å². The highest BCUT2D eigenvalue weighted by atomic mass is 79.9. The lowest BCUT2D eigenvalue weighted by atomic mass is 10.0. The highest BCUT2D eigenvalue weighted by molar-refractivity contribution is 9.10. The van der Waals surface area contributed by atoms with Crippen molar-refractivity contribution in [2.24, 2.45) is 0 Å². The van der Waals surface area contributed by atoms with E-state index in [1.54, 1.807) is 24.2 Å². The highest BCUT2D eigenvalue weighted by Crippen LogP contribution is 2.25. The number of pyridine rings is 1. The minimum atomic E-state index is -0.217. The molecule has 0 aliphatic carbocycles. The molecule has 5 nitrogen and oxygen atoms in total. The summed E-state index contributed by atoms with van der Waals surface area (Å²) in [6.07, 6.45) is 1.68. The van der Waals surface area contributed by atoms with Crippen molar-refractivity contribution >= 4 is 38.4 Å². The van der Waals surface area contributed by atoms with Gasteiger partial charge in [-0.3, -0.25) is 4.79 Å². The van der Waals surface area contributed by atoms with E-state index in [2.05, 4.69) is 26.2 Å². The molecule has 0 bridgehead atoms. The fraction of sp³-hybridized carbons (Fsp3) is 0.158. The monoisotopic (exact) mass is 399 g/mol. The predicted octanol–water partition coefficient (Wildman–Crippen LogP) is 4.52. The summed E-state index contributed by atoms with van der Waals surface area (Å²) in [4.78, 5) is 28.9. The molecular formula is C19H18BrN3O2. The molecule has 2 amide bonds. The number of halogens is 1. The molecule has 6 heteroatoms. The van der Waals surface area contributed by atoms with Crippen LogP contribution >= 0.6 is 15.9 Å². The maximum atomic E-state index is 12.5. The van der Waals surface area contributed by atoms with Crippen molar-refractivity contribution in [1.82, 2.24) is 9.88 Å². The molecule has 25 heavy (non-hydrogen) atoms. The number of rotatable bonds is 3. The summed E-state index contributed by atoms with van der Waals surface area (Å²) in [7, 11) is 1.73. The minimum Gasteiger partial charge on any atom is -0.328 e. The van der Waals surface area contributed by atoms with Gasteiger partial charge in [-0.1, -0.05) is 34.1 Å². The van der Waals surface area contributed by atoms with Gasteiger partial charge >= 0.3 is 6.03 Å². The van der Waals surface area contributed by atoms with Crippen LogP contribution in [0.2, 0.25) is 0 Å². The molecule has 0 saturated heterocycles. The van der Waals surface area contributed by atoms with E-state index in [9.17, 15) is 9.59 Å².